The molecule has 0 atom stereocenters. The number of hydrogen-bond acceptors (Lipinski definition) is 1. The van der Waals surface area contributed by atoms with Crippen molar-refractivity contribution in [2.75, 3.05) is 11.2 Å². The monoisotopic (exact) mass is 347 g/mol. The summed E-state index contributed by atoms with van der Waals surface area (Å²) in [5.41, 5.74) is -4.73. The molecule has 1 aromatic carbocycles. The molecule has 1 N–H and O–H groups in total. The van der Waals surface area contributed by atoms with Crippen LogP contribution in [0.4, 0.5) is 32.0 Å². The molecular weight excluding hydrogens is 336 g/mol. The molecule has 9 heteroatoms. The molecule has 0 spiro atoms. The van der Waals surface area contributed by atoms with Gasteiger partial charge in [-0.3, -0.25) is 4.79 Å². The number of benzene rings is 1. The third-order valence-corrected chi connectivity index (χ3v) is 3.46. The van der Waals surface area contributed by atoms with Gasteiger partial charge in [0.1, 0.15) is 0 Å². The van der Waals surface area contributed by atoms with E-state index < -0.39 is 40.5 Å². The third-order valence-electron chi connectivity index (χ3n) is 2.79. The molecule has 0 aromatic heterocycles. The van der Waals surface area contributed by atoms with Gasteiger partial charge in [0.2, 0.25) is 5.91 Å². The van der Waals surface area contributed by atoms with Gasteiger partial charge in [0, 0.05) is 11.6 Å². The third kappa shape index (κ3) is 4.53. The van der Waals surface area contributed by atoms with Crippen molar-refractivity contribution >= 4 is 23.2 Å². The topological polar surface area (TPSA) is 29.1 Å². The lowest BCUT2D eigenvalue weighted by Crippen LogP contribution is -2.32. The first-order chi connectivity index (χ1) is 9.77. The van der Waals surface area contributed by atoms with E-state index in [1.807, 2.05) is 5.32 Å². The zero-order chi connectivity index (χ0) is 17.3. The summed E-state index contributed by atoms with van der Waals surface area (Å²) < 4.78 is 76.0. The van der Waals surface area contributed by atoms with Gasteiger partial charge in [-0.05, 0) is 32.0 Å². The van der Waals surface area contributed by atoms with Crippen LogP contribution in [-0.2, 0) is 17.1 Å². The minimum Gasteiger partial charge on any atom is -0.326 e. The van der Waals surface area contributed by atoms with E-state index >= 15 is 0 Å². The van der Waals surface area contributed by atoms with E-state index in [1.165, 1.54) is 13.8 Å². The molecule has 0 unspecified atom stereocenters. The molecule has 124 valence electrons. The number of alkyl halides is 7. The molecular formula is C13H12ClF6NO. The van der Waals surface area contributed by atoms with Gasteiger partial charge in [-0.2, -0.15) is 26.3 Å². The Kier molecular flexibility index (Phi) is 5.06. The minimum absolute atomic E-state index is 0.0116. The average molecular weight is 348 g/mol. The summed E-state index contributed by atoms with van der Waals surface area (Å²) in [5, 5.41) is 2.03. The lowest BCUT2D eigenvalue weighted by molar-refractivity contribution is -0.143. The van der Waals surface area contributed by atoms with Gasteiger partial charge in [0.05, 0.1) is 16.5 Å². The Morgan fingerprint density at radius 2 is 1.41 bits per heavy atom. The van der Waals surface area contributed by atoms with Gasteiger partial charge in [-0.1, -0.05) is 0 Å². The van der Waals surface area contributed by atoms with Crippen LogP contribution in [0.15, 0.2) is 18.2 Å². The molecule has 0 aliphatic heterocycles. The van der Waals surface area contributed by atoms with Crippen molar-refractivity contribution in [1.82, 2.24) is 0 Å². The molecule has 0 aliphatic carbocycles. The fraction of sp³-hybridized carbons (Fsp3) is 0.462. The summed E-state index contributed by atoms with van der Waals surface area (Å²) in [6.45, 7) is 2.82. The SMILES string of the molecule is CC(C)(CCl)C(=O)Nc1cc(C(F)(F)F)cc(C(F)(F)F)c1. The Balaban J connectivity index is 3.28. The normalized spacial score (nSPS) is 13.1. The van der Waals surface area contributed by atoms with Gasteiger partial charge >= 0.3 is 12.4 Å². The highest BCUT2D eigenvalue weighted by Gasteiger charge is 2.37. The van der Waals surface area contributed by atoms with Crippen LogP contribution >= 0.6 is 11.6 Å². The summed E-state index contributed by atoms with van der Waals surface area (Å²) in [6, 6.07) is 0.872. The summed E-state index contributed by atoms with van der Waals surface area (Å²) >= 11 is 5.54. The van der Waals surface area contributed by atoms with Crippen LogP contribution in [0.5, 0.6) is 0 Å². The van der Waals surface area contributed by atoms with E-state index in [9.17, 15) is 31.1 Å². The van der Waals surface area contributed by atoms with E-state index in [2.05, 4.69) is 0 Å². The second kappa shape index (κ2) is 5.98. The lowest BCUT2D eigenvalue weighted by atomic mass is 9.95. The summed E-state index contributed by atoms with van der Waals surface area (Å²) in [5.74, 6) is -0.931. The maximum absolute atomic E-state index is 12.7. The van der Waals surface area contributed by atoms with Crippen molar-refractivity contribution in [2.24, 2.45) is 5.41 Å². The zero-order valence-electron chi connectivity index (χ0n) is 11.5. The molecule has 22 heavy (non-hydrogen) atoms. The molecule has 0 saturated carbocycles. The van der Waals surface area contributed by atoms with Gasteiger partial charge in [-0.15, -0.1) is 11.6 Å². The highest BCUT2D eigenvalue weighted by atomic mass is 35.5. The molecule has 0 heterocycles. The Hall–Kier alpha value is -1.44. The number of carbonyl (C=O) groups is 1. The van der Waals surface area contributed by atoms with Crippen LogP contribution in [0, 0.1) is 5.41 Å². The van der Waals surface area contributed by atoms with E-state index in [4.69, 9.17) is 11.6 Å². The van der Waals surface area contributed by atoms with E-state index in [0.717, 1.165) is 0 Å². The second-order valence-corrected chi connectivity index (χ2v) is 5.53. The van der Waals surface area contributed by atoms with E-state index in [0.29, 0.717) is 12.1 Å². The van der Waals surface area contributed by atoms with E-state index in [1.54, 1.807) is 0 Å². The molecule has 0 fully saturated rings. The van der Waals surface area contributed by atoms with Gasteiger partial charge in [0.15, 0.2) is 0 Å². The smallest absolute Gasteiger partial charge is 0.326 e. The van der Waals surface area contributed by atoms with Crippen molar-refractivity contribution < 1.29 is 31.1 Å². The number of halogens is 7. The molecule has 0 aliphatic rings. The molecule has 1 amide bonds. The van der Waals surface area contributed by atoms with Crippen molar-refractivity contribution in [2.45, 2.75) is 26.2 Å². The van der Waals surface area contributed by atoms with Crippen molar-refractivity contribution in [3.05, 3.63) is 29.3 Å². The zero-order valence-corrected chi connectivity index (χ0v) is 12.2. The Morgan fingerprint density at radius 3 is 1.73 bits per heavy atom. The van der Waals surface area contributed by atoms with Crippen LogP contribution in [-0.4, -0.2) is 11.8 Å². The van der Waals surface area contributed by atoms with Crippen molar-refractivity contribution in [1.29, 1.82) is 0 Å². The molecule has 0 radical (unpaired) electrons. The maximum Gasteiger partial charge on any atom is 0.416 e. The lowest BCUT2D eigenvalue weighted by Gasteiger charge is -2.21. The second-order valence-electron chi connectivity index (χ2n) is 5.27. The maximum atomic E-state index is 12.7. The Labute approximate surface area is 127 Å². The quantitative estimate of drug-likeness (QED) is 0.610. The number of carbonyl (C=O) groups excluding carboxylic acids is 1. The average Bonchev–Trinajstić information content (AvgIpc) is 2.36. The first kappa shape index (κ1) is 18.6. The van der Waals surface area contributed by atoms with Crippen LogP contribution in [0.25, 0.3) is 0 Å². The number of anilines is 1. The first-order valence-electron chi connectivity index (χ1n) is 5.94. The van der Waals surface area contributed by atoms with Gasteiger partial charge in [0.25, 0.3) is 0 Å². The minimum atomic E-state index is -4.97. The van der Waals surface area contributed by atoms with Crippen molar-refractivity contribution in [3.63, 3.8) is 0 Å². The Bertz CT molecular complexity index is 532. The van der Waals surface area contributed by atoms with Gasteiger partial charge in [-0.25, -0.2) is 0 Å². The fourth-order valence-corrected chi connectivity index (χ4v) is 1.51. The Morgan fingerprint density at radius 1 is 1.00 bits per heavy atom. The predicted octanol–water partition coefficient (Wildman–Crippen LogP) is 4.93. The first-order valence-corrected chi connectivity index (χ1v) is 6.48. The molecule has 1 aromatic rings. The largest absolute Gasteiger partial charge is 0.416 e. The van der Waals surface area contributed by atoms with Crippen molar-refractivity contribution in [3.8, 4) is 0 Å². The molecule has 1 rings (SSSR count). The summed E-state index contributed by atoms with van der Waals surface area (Å²) in [6.07, 6.45) is -9.94. The highest BCUT2D eigenvalue weighted by Crippen LogP contribution is 2.37. The number of rotatable bonds is 3. The fourth-order valence-electron chi connectivity index (χ4n) is 1.39. The van der Waals surface area contributed by atoms with Gasteiger partial charge < -0.3 is 5.32 Å². The van der Waals surface area contributed by atoms with E-state index in [-0.39, 0.29) is 11.9 Å². The molecule has 0 saturated heterocycles. The van der Waals surface area contributed by atoms with Crippen LogP contribution in [0.2, 0.25) is 0 Å². The van der Waals surface area contributed by atoms with Crippen LogP contribution in [0.3, 0.4) is 0 Å². The number of hydrogen-bond donors (Lipinski definition) is 1. The predicted molar refractivity (Wildman–Crippen MR) is 69.6 cm³/mol. The standard InChI is InChI=1S/C13H12ClF6NO/c1-11(2,6-14)10(22)21-9-4-7(12(15,16)17)3-8(5-9)13(18,19)20/h3-5H,6H2,1-2H3,(H,21,22). The number of amides is 1. The summed E-state index contributed by atoms with van der Waals surface area (Å²) in [7, 11) is 0. The van der Waals surface area contributed by atoms with Crippen LogP contribution < -0.4 is 5.32 Å². The summed E-state index contributed by atoms with van der Waals surface area (Å²) in [4.78, 5) is 11.8. The number of nitrogens with one attached hydrogen (secondary N) is 1. The highest BCUT2D eigenvalue weighted by molar-refractivity contribution is 6.20. The van der Waals surface area contributed by atoms with Crippen LogP contribution in [0.1, 0.15) is 25.0 Å². The molecule has 2 nitrogen and oxygen atoms in total. The molecule has 0 bridgehead atoms.